The Hall–Kier alpha value is -2.41. The van der Waals surface area contributed by atoms with Gasteiger partial charge in [-0.1, -0.05) is 0 Å². The molecule has 1 aromatic carbocycles. The van der Waals surface area contributed by atoms with Crippen LogP contribution in [-0.4, -0.2) is 15.5 Å². The number of fused-ring (bicyclic) bond motifs is 1. The Kier molecular flexibility index (Phi) is 4.40. The predicted octanol–water partition coefficient (Wildman–Crippen LogP) is 3.83. The molecule has 0 bridgehead atoms. The summed E-state index contributed by atoms with van der Waals surface area (Å²) in [5.74, 6) is 0.191. The van der Waals surface area contributed by atoms with E-state index in [4.69, 9.17) is 4.74 Å². The van der Waals surface area contributed by atoms with Crippen molar-refractivity contribution in [1.29, 1.82) is 0 Å². The summed E-state index contributed by atoms with van der Waals surface area (Å²) < 4.78 is 21.1. The molecule has 0 spiro atoms. The minimum absolute atomic E-state index is 0.107. The maximum absolute atomic E-state index is 13.6. The standard InChI is InChI=1S/C18H18FN3O2S/c19-12-5-6-15(16(9-12)24-14-3-1-2-4-14)20-11-13-10-17(23)22-7-8-25-18(22)21-13/h5-10,14,20H,1-4,11H2. The second kappa shape index (κ2) is 6.84. The van der Waals surface area contributed by atoms with Gasteiger partial charge in [0, 0.05) is 23.7 Å². The average molecular weight is 359 g/mol. The molecular formula is C18H18FN3O2S. The zero-order valence-corrected chi connectivity index (χ0v) is 14.4. The minimum Gasteiger partial charge on any atom is -0.488 e. The third kappa shape index (κ3) is 3.51. The van der Waals surface area contributed by atoms with Crippen LogP contribution in [0.4, 0.5) is 10.1 Å². The van der Waals surface area contributed by atoms with E-state index in [-0.39, 0.29) is 17.5 Å². The van der Waals surface area contributed by atoms with E-state index < -0.39 is 0 Å². The molecule has 1 aliphatic rings. The molecule has 1 saturated carbocycles. The SMILES string of the molecule is O=c1cc(CNc2ccc(F)cc2OC2CCCC2)nc2sccn12. The topological polar surface area (TPSA) is 55.6 Å². The smallest absolute Gasteiger partial charge is 0.258 e. The summed E-state index contributed by atoms with van der Waals surface area (Å²) in [6, 6.07) is 5.98. The molecule has 0 saturated heterocycles. The van der Waals surface area contributed by atoms with Crippen LogP contribution in [0.15, 0.2) is 40.6 Å². The third-order valence-corrected chi connectivity index (χ3v) is 5.11. The van der Waals surface area contributed by atoms with Gasteiger partial charge in [-0.3, -0.25) is 9.20 Å². The minimum atomic E-state index is -0.324. The highest BCUT2D eigenvalue weighted by atomic mass is 32.1. The summed E-state index contributed by atoms with van der Waals surface area (Å²) in [6.07, 6.45) is 6.16. The molecule has 1 fully saturated rings. The van der Waals surface area contributed by atoms with Crippen molar-refractivity contribution in [3.05, 3.63) is 57.7 Å². The normalized spacial score (nSPS) is 14.9. The Morgan fingerprint density at radius 2 is 2.16 bits per heavy atom. The number of hydrogen-bond donors (Lipinski definition) is 1. The van der Waals surface area contributed by atoms with E-state index in [1.54, 1.807) is 12.3 Å². The molecule has 0 atom stereocenters. The van der Waals surface area contributed by atoms with Gasteiger partial charge in [-0.2, -0.15) is 0 Å². The summed E-state index contributed by atoms with van der Waals surface area (Å²) in [7, 11) is 0. The quantitative estimate of drug-likeness (QED) is 0.752. The van der Waals surface area contributed by atoms with E-state index in [0.29, 0.717) is 28.6 Å². The first-order chi connectivity index (χ1) is 12.2. The molecule has 2 heterocycles. The van der Waals surface area contributed by atoms with E-state index in [9.17, 15) is 9.18 Å². The predicted molar refractivity (Wildman–Crippen MR) is 95.9 cm³/mol. The van der Waals surface area contributed by atoms with E-state index >= 15 is 0 Å². The van der Waals surface area contributed by atoms with Gasteiger partial charge >= 0.3 is 0 Å². The Morgan fingerprint density at radius 3 is 3.00 bits per heavy atom. The van der Waals surface area contributed by atoms with E-state index in [2.05, 4.69) is 10.3 Å². The highest BCUT2D eigenvalue weighted by molar-refractivity contribution is 7.15. The highest BCUT2D eigenvalue weighted by Gasteiger charge is 2.18. The van der Waals surface area contributed by atoms with Crippen molar-refractivity contribution in [3.8, 4) is 5.75 Å². The van der Waals surface area contributed by atoms with Gasteiger partial charge < -0.3 is 10.1 Å². The molecule has 0 unspecified atom stereocenters. The van der Waals surface area contributed by atoms with Gasteiger partial charge in [0.25, 0.3) is 5.56 Å². The molecule has 25 heavy (non-hydrogen) atoms. The number of anilines is 1. The van der Waals surface area contributed by atoms with Crippen molar-refractivity contribution in [2.24, 2.45) is 0 Å². The van der Waals surface area contributed by atoms with Gasteiger partial charge in [0.15, 0.2) is 4.96 Å². The highest BCUT2D eigenvalue weighted by Crippen LogP contribution is 2.31. The number of benzene rings is 1. The van der Waals surface area contributed by atoms with Crippen LogP contribution in [-0.2, 0) is 6.54 Å². The zero-order valence-electron chi connectivity index (χ0n) is 13.6. The average Bonchev–Trinajstić information content (AvgIpc) is 3.26. The summed E-state index contributed by atoms with van der Waals surface area (Å²) in [5.41, 5.74) is 1.25. The second-order valence-corrected chi connectivity index (χ2v) is 7.03. The Morgan fingerprint density at radius 1 is 1.32 bits per heavy atom. The van der Waals surface area contributed by atoms with Gasteiger partial charge in [-0.15, -0.1) is 11.3 Å². The number of nitrogens with one attached hydrogen (secondary N) is 1. The summed E-state index contributed by atoms with van der Waals surface area (Å²) >= 11 is 1.41. The number of aromatic nitrogens is 2. The van der Waals surface area contributed by atoms with Gasteiger partial charge in [-0.05, 0) is 37.8 Å². The molecule has 3 aromatic rings. The van der Waals surface area contributed by atoms with E-state index in [1.165, 1.54) is 33.9 Å². The Balaban J connectivity index is 1.54. The van der Waals surface area contributed by atoms with Crippen LogP contribution < -0.4 is 15.6 Å². The Labute approximate surface area is 148 Å². The monoisotopic (exact) mass is 359 g/mol. The van der Waals surface area contributed by atoms with Crippen LogP contribution in [0.3, 0.4) is 0 Å². The molecule has 2 aromatic heterocycles. The van der Waals surface area contributed by atoms with Crippen LogP contribution in [0.1, 0.15) is 31.4 Å². The molecule has 5 nitrogen and oxygen atoms in total. The molecule has 0 radical (unpaired) electrons. The molecule has 130 valence electrons. The van der Waals surface area contributed by atoms with Crippen LogP contribution in [0.5, 0.6) is 5.75 Å². The fourth-order valence-corrected chi connectivity index (χ4v) is 3.83. The molecule has 1 N–H and O–H groups in total. The lowest BCUT2D eigenvalue weighted by molar-refractivity contribution is 0.210. The number of hydrogen-bond acceptors (Lipinski definition) is 5. The summed E-state index contributed by atoms with van der Waals surface area (Å²) in [4.78, 5) is 17.2. The van der Waals surface area contributed by atoms with Gasteiger partial charge in [0.05, 0.1) is 24.0 Å². The molecule has 1 aliphatic carbocycles. The molecular weight excluding hydrogens is 341 g/mol. The second-order valence-electron chi connectivity index (χ2n) is 6.16. The van der Waals surface area contributed by atoms with Gasteiger partial charge in [0.2, 0.25) is 0 Å². The lowest BCUT2D eigenvalue weighted by atomic mass is 10.2. The van der Waals surface area contributed by atoms with Crippen LogP contribution >= 0.6 is 11.3 Å². The summed E-state index contributed by atoms with van der Waals surface area (Å²) in [6.45, 7) is 0.371. The summed E-state index contributed by atoms with van der Waals surface area (Å²) in [5, 5.41) is 5.04. The molecule has 0 amide bonds. The number of nitrogens with zero attached hydrogens (tertiary/aromatic N) is 2. The number of halogens is 1. The fraction of sp³-hybridized carbons (Fsp3) is 0.333. The number of rotatable bonds is 5. The first-order valence-electron chi connectivity index (χ1n) is 8.35. The van der Waals surface area contributed by atoms with E-state index in [1.807, 2.05) is 5.38 Å². The maximum atomic E-state index is 13.6. The Bertz CT molecular complexity index is 947. The van der Waals surface area contributed by atoms with Crippen molar-refractivity contribution in [2.75, 3.05) is 5.32 Å². The van der Waals surface area contributed by atoms with Crippen LogP contribution in [0.2, 0.25) is 0 Å². The third-order valence-electron chi connectivity index (χ3n) is 4.36. The molecule has 0 aliphatic heterocycles. The molecule has 7 heteroatoms. The van der Waals surface area contributed by atoms with Crippen molar-refractivity contribution in [1.82, 2.24) is 9.38 Å². The van der Waals surface area contributed by atoms with Crippen LogP contribution in [0, 0.1) is 5.82 Å². The van der Waals surface area contributed by atoms with Crippen molar-refractivity contribution < 1.29 is 9.13 Å². The fourth-order valence-electron chi connectivity index (χ4n) is 3.09. The lowest BCUT2D eigenvalue weighted by Gasteiger charge is -2.17. The number of thiazole rings is 1. The molecule has 4 rings (SSSR count). The van der Waals surface area contributed by atoms with Crippen molar-refractivity contribution in [3.63, 3.8) is 0 Å². The zero-order chi connectivity index (χ0) is 17.2. The lowest BCUT2D eigenvalue weighted by Crippen LogP contribution is -2.16. The van der Waals surface area contributed by atoms with Gasteiger partial charge in [-0.25, -0.2) is 9.37 Å². The van der Waals surface area contributed by atoms with Crippen molar-refractivity contribution >= 4 is 22.0 Å². The maximum Gasteiger partial charge on any atom is 0.258 e. The van der Waals surface area contributed by atoms with Crippen molar-refractivity contribution in [2.45, 2.75) is 38.3 Å². The van der Waals surface area contributed by atoms with Gasteiger partial charge in [0.1, 0.15) is 11.6 Å². The first kappa shape index (κ1) is 16.1. The van der Waals surface area contributed by atoms with E-state index in [0.717, 1.165) is 25.7 Å². The number of ether oxygens (including phenoxy) is 1. The van der Waals surface area contributed by atoms with Crippen LogP contribution in [0.25, 0.3) is 4.96 Å². The largest absolute Gasteiger partial charge is 0.488 e. The first-order valence-corrected chi connectivity index (χ1v) is 9.23.